The van der Waals surface area contributed by atoms with E-state index in [9.17, 15) is 0 Å². The first-order valence-electron chi connectivity index (χ1n) is 5.67. The maximum absolute atomic E-state index is 5.78. The van der Waals surface area contributed by atoms with Crippen LogP contribution in [-0.2, 0) is 5.41 Å². The summed E-state index contributed by atoms with van der Waals surface area (Å²) >= 11 is 3.64. The minimum Gasteiger partial charge on any atom is -0.369 e. The van der Waals surface area contributed by atoms with Crippen molar-refractivity contribution in [2.75, 3.05) is 18.4 Å². The van der Waals surface area contributed by atoms with Crippen LogP contribution in [-0.4, -0.2) is 22.9 Å². The van der Waals surface area contributed by atoms with Crippen molar-refractivity contribution in [3.8, 4) is 0 Å². The van der Waals surface area contributed by atoms with Crippen molar-refractivity contribution in [2.24, 2.45) is 5.73 Å². The van der Waals surface area contributed by atoms with Gasteiger partial charge in [-0.3, -0.25) is 0 Å². The Morgan fingerprint density at radius 2 is 2.25 bits per heavy atom. The highest BCUT2D eigenvalue weighted by molar-refractivity contribution is 9.10. The summed E-state index contributed by atoms with van der Waals surface area (Å²) in [6.45, 7) is 8.12. The van der Waals surface area contributed by atoms with Gasteiger partial charge in [-0.05, 0) is 22.4 Å². The fraction of sp³-hybridized carbons (Fsp3) is 0.727. The van der Waals surface area contributed by atoms with Gasteiger partial charge in [0.2, 0.25) is 0 Å². The van der Waals surface area contributed by atoms with Crippen LogP contribution in [0, 0.1) is 0 Å². The van der Waals surface area contributed by atoms with Crippen molar-refractivity contribution in [3.05, 3.63) is 10.2 Å². The molecule has 1 atom stereocenters. The van der Waals surface area contributed by atoms with Crippen LogP contribution in [0.1, 0.15) is 38.9 Å². The van der Waals surface area contributed by atoms with Crippen molar-refractivity contribution in [1.29, 1.82) is 0 Å². The molecule has 4 nitrogen and oxygen atoms in total. The normalized spacial score (nSPS) is 20.4. The van der Waals surface area contributed by atoms with E-state index in [4.69, 9.17) is 10.8 Å². The Morgan fingerprint density at radius 3 is 2.81 bits per heavy atom. The van der Waals surface area contributed by atoms with E-state index in [0.717, 1.165) is 29.0 Å². The molecule has 16 heavy (non-hydrogen) atoms. The van der Waals surface area contributed by atoms with Crippen molar-refractivity contribution in [3.63, 3.8) is 0 Å². The number of anilines is 1. The minimum absolute atomic E-state index is 0.0456. The van der Waals surface area contributed by atoms with Gasteiger partial charge in [-0.2, -0.15) is 5.10 Å². The van der Waals surface area contributed by atoms with Crippen LogP contribution >= 0.6 is 15.9 Å². The molecule has 3 N–H and O–H groups in total. The van der Waals surface area contributed by atoms with Crippen LogP contribution in [0.5, 0.6) is 0 Å². The molecule has 0 aromatic carbocycles. The molecule has 0 spiro atoms. The predicted molar refractivity (Wildman–Crippen MR) is 69.8 cm³/mol. The van der Waals surface area contributed by atoms with Gasteiger partial charge in [-0.15, -0.1) is 0 Å². The summed E-state index contributed by atoms with van der Waals surface area (Å²) in [7, 11) is 0. The van der Waals surface area contributed by atoms with Crippen molar-refractivity contribution < 1.29 is 0 Å². The highest BCUT2D eigenvalue weighted by Gasteiger charge is 2.29. The van der Waals surface area contributed by atoms with Crippen molar-refractivity contribution in [2.45, 2.75) is 38.6 Å². The molecule has 2 rings (SSSR count). The zero-order valence-electron chi connectivity index (χ0n) is 10.0. The summed E-state index contributed by atoms with van der Waals surface area (Å²) in [5, 5.41) is 8.09. The molecule has 0 bridgehead atoms. The molecule has 1 aliphatic rings. The average Bonchev–Trinajstić information content (AvgIpc) is 2.56. The first kappa shape index (κ1) is 11.9. The number of hydrogen-bond acceptors (Lipinski definition) is 3. The van der Waals surface area contributed by atoms with E-state index in [-0.39, 0.29) is 5.41 Å². The van der Waals surface area contributed by atoms with E-state index in [1.807, 2.05) is 4.68 Å². The molecule has 1 aliphatic heterocycles. The molecule has 0 aliphatic carbocycles. The zero-order valence-corrected chi connectivity index (χ0v) is 11.6. The second kappa shape index (κ2) is 4.04. The average molecular weight is 287 g/mol. The summed E-state index contributed by atoms with van der Waals surface area (Å²) in [6, 6.07) is 0.323. The summed E-state index contributed by atoms with van der Waals surface area (Å²) in [6.07, 6.45) is 1.04. The number of fused-ring (bicyclic) bond motifs is 1. The number of halogens is 1. The standard InChI is InChI=1S/C11H19BrN4/c1-11(2,3)9-8(12)10-14-5-4-7(6-13)16(10)15-9/h7,14H,4-6,13H2,1-3H3. The SMILES string of the molecule is CC(C)(C)c1nn2c(c1Br)NCCC2CN. The summed E-state index contributed by atoms with van der Waals surface area (Å²) in [4.78, 5) is 0. The van der Waals surface area contributed by atoms with E-state index in [1.165, 1.54) is 0 Å². The Kier molecular flexibility index (Phi) is 3.01. The smallest absolute Gasteiger partial charge is 0.139 e. The van der Waals surface area contributed by atoms with Crippen LogP contribution in [0.25, 0.3) is 0 Å². The van der Waals surface area contributed by atoms with Crippen molar-refractivity contribution in [1.82, 2.24) is 9.78 Å². The van der Waals surface area contributed by atoms with E-state index in [0.29, 0.717) is 12.6 Å². The van der Waals surface area contributed by atoms with Gasteiger partial charge in [-0.25, -0.2) is 4.68 Å². The highest BCUT2D eigenvalue weighted by atomic mass is 79.9. The fourth-order valence-corrected chi connectivity index (χ4v) is 3.01. The number of nitrogens with one attached hydrogen (secondary N) is 1. The lowest BCUT2D eigenvalue weighted by Gasteiger charge is -2.24. The lowest BCUT2D eigenvalue weighted by Crippen LogP contribution is -2.29. The Hall–Kier alpha value is -0.550. The van der Waals surface area contributed by atoms with Gasteiger partial charge in [0.05, 0.1) is 16.2 Å². The summed E-state index contributed by atoms with van der Waals surface area (Å²) in [5.74, 6) is 1.08. The monoisotopic (exact) mass is 286 g/mol. The lowest BCUT2D eigenvalue weighted by atomic mass is 9.92. The number of aromatic nitrogens is 2. The van der Waals surface area contributed by atoms with Crippen molar-refractivity contribution >= 4 is 21.7 Å². The summed E-state index contributed by atoms with van der Waals surface area (Å²) < 4.78 is 3.12. The molecule has 2 heterocycles. The first-order valence-corrected chi connectivity index (χ1v) is 6.47. The van der Waals surface area contributed by atoms with Gasteiger partial charge in [-0.1, -0.05) is 20.8 Å². The Bertz CT molecular complexity index is 391. The van der Waals surface area contributed by atoms with E-state index < -0.39 is 0 Å². The number of nitrogens with zero attached hydrogens (tertiary/aromatic N) is 2. The molecule has 90 valence electrons. The molecule has 1 unspecified atom stereocenters. The van der Waals surface area contributed by atoms with Gasteiger partial charge >= 0.3 is 0 Å². The molecular weight excluding hydrogens is 268 g/mol. The number of hydrogen-bond donors (Lipinski definition) is 2. The molecule has 0 amide bonds. The Labute approximate surface area is 105 Å². The maximum Gasteiger partial charge on any atom is 0.139 e. The van der Waals surface area contributed by atoms with E-state index >= 15 is 0 Å². The first-order chi connectivity index (χ1) is 7.45. The largest absolute Gasteiger partial charge is 0.369 e. The molecule has 0 fully saturated rings. The predicted octanol–water partition coefficient (Wildman–Crippen LogP) is 2.26. The quantitative estimate of drug-likeness (QED) is 0.833. The van der Waals surface area contributed by atoms with Gasteiger partial charge < -0.3 is 11.1 Å². The third-order valence-electron chi connectivity index (χ3n) is 2.95. The second-order valence-corrected chi connectivity index (χ2v) is 6.10. The van der Waals surface area contributed by atoms with Gasteiger partial charge in [0.15, 0.2) is 0 Å². The molecule has 5 heteroatoms. The van der Waals surface area contributed by atoms with Crippen LogP contribution in [0.15, 0.2) is 4.47 Å². The lowest BCUT2D eigenvalue weighted by molar-refractivity contribution is 0.416. The van der Waals surface area contributed by atoms with Gasteiger partial charge in [0.25, 0.3) is 0 Å². The van der Waals surface area contributed by atoms with E-state index in [1.54, 1.807) is 0 Å². The molecule has 0 saturated heterocycles. The fourth-order valence-electron chi connectivity index (χ4n) is 2.01. The number of nitrogens with two attached hydrogens (primary N) is 1. The minimum atomic E-state index is 0.0456. The number of rotatable bonds is 1. The molecule has 1 aromatic rings. The molecular formula is C11H19BrN4. The van der Waals surface area contributed by atoms with Crippen LogP contribution in [0.4, 0.5) is 5.82 Å². The molecule has 0 saturated carbocycles. The molecule has 0 radical (unpaired) electrons. The third-order valence-corrected chi connectivity index (χ3v) is 3.70. The zero-order chi connectivity index (χ0) is 11.9. The Morgan fingerprint density at radius 1 is 1.56 bits per heavy atom. The topological polar surface area (TPSA) is 55.9 Å². The summed E-state index contributed by atoms with van der Waals surface area (Å²) in [5.41, 5.74) is 6.92. The Balaban J connectivity index is 2.50. The van der Waals surface area contributed by atoms with Gasteiger partial charge in [0, 0.05) is 18.5 Å². The van der Waals surface area contributed by atoms with E-state index in [2.05, 4.69) is 42.0 Å². The second-order valence-electron chi connectivity index (χ2n) is 5.31. The van der Waals surface area contributed by atoms with Crippen LogP contribution < -0.4 is 11.1 Å². The highest BCUT2D eigenvalue weighted by Crippen LogP contribution is 2.37. The van der Waals surface area contributed by atoms with Crippen LogP contribution in [0.2, 0.25) is 0 Å². The molecule has 1 aromatic heterocycles. The maximum atomic E-state index is 5.78. The third kappa shape index (κ3) is 1.86. The van der Waals surface area contributed by atoms with Gasteiger partial charge in [0.1, 0.15) is 5.82 Å². The van der Waals surface area contributed by atoms with Crippen LogP contribution in [0.3, 0.4) is 0 Å².